The van der Waals surface area contributed by atoms with Crippen LogP contribution in [0, 0.1) is 10.8 Å². The standard InChI is InChI=1S/2C21H23N3O2/c2*1-21(9-4-3-5-10-21)19(25)16-12-22-20-18(16)24-17(13-23-20)14-7-6-8-15(11-14)26-2/h2*6-8,11-13H,3-5,9-10H2,1-2H3,(H,22,23). The molecule has 52 heavy (non-hydrogen) atoms. The van der Waals surface area contributed by atoms with Crippen molar-refractivity contribution in [3.8, 4) is 34.0 Å². The van der Waals surface area contributed by atoms with E-state index >= 15 is 0 Å². The van der Waals surface area contributed by atoms with Gasteiger partial charge in [0.15, 0.2) is 22.9 Å². The van der Waals surface area contributed by atoms with Gasteiger partial charge >= 0.3 is 0 Å². The van der Waals surface area contributed by atoms with Gasteiger partial charge in [0.1, 0.15) is 22.5 Å². The molecular formula is C42H46N6O4. The van der Waals surface area contributed by atoms with Gasteiger partial charge in [-0.3, -0.25) is 9.59 Å². The fourth-order valence-corrected chi connectivity index (χ4v) is 7.74. The van der Waals surface area contributed by atoms with Gasteiger partial charge < -0.3 is 19.4 Å². The van der Waals surface area contributed by atoms with Crippen LogP contribution in [-0.2, 0) is 0 Å². The molecule has 2 saturated carbocycles. The number of carbonyl (C=O) groups is 2. The number of aromatic nitrogens is 6. The molecule has 0 amide bonds. The van der Waals surface area contributed by atoms with Gasteiger partial charge in [0, 0.05) is 34.4 Å². The summed E-state index contributed by atoms with van der Waals surface area (Å²) in [4.78, 5) is 51.2. The second-order valence-corrected chi connectivity index (χ2v) is 14.7. The van der Waals surface area contributed by atoms with Crippen LogP contribution in [0.4, 0.5) is 0 Å². The first-order valence-electron chi connectivity index (χ1n) is 18.3. The smallest absolute Gasteiger partial charge is 0.172 e. The van der Waals surface area contributed by atoms with Gasteiger partial charge in [-0.1, -0.05) is 76.6 Å². The quantitative estimate of drug-likeness (QED) is 0.150. The number of methoxy groups -OCH3 is 2. The van der Waals surface area contributed by atoms with Gasteiger partial charge in [0.2, 0.25) is 0 Å². The Morgan fingerprint density at radius 2 is 1.02 bits per heavy atom. The van der Waals surface area contributed by atoms with E-state index in [0.717, 1.165) is 85.4 Å². The molecule has 0 radical (unpaired) electrons. The molecule has 10 heteroatoms. The number of benzene rings is 2. The van der Waals surface area contributed by atoms with Gasteiger partial charge in [-0.2, -0.15) is 0 Å². The molecule has 2 N–H and O–H groups in total. The van der Waals surface area contributed by atoms with E-state index in [9.17, 15) is 9.59 Å². The van der Waals surface area contributed by atoms with Crippen LogP contribution >= 0.6 is 0 Å². The van der Waals surface area contributed by atoms with E-state index in [1.165, 1.54) is 12.8 Å². The van der Waals surface area contributed by atoms with Crippen LogP contribution < -0.4 is 9.47 Å². The lowest BCUT2D eigenvalue weighted by atomic mass is 9.71. The molecule has 4 heterocycles. The largest absolute Gasteiger partial charge is 0.497 e. The summed E-state index contributed by atoms with van der Waals surface area (Å²) in [5, 5.41) is 0. The number of nitrogens with zero attached hydrogens (tertiary/aromatic N) is 4. The molecule has 0 atom stereocenters. The van der Waals surface area contributed by atoms with Crippen molar-refractivity contribution >= 4 is 33.9 Å². The number of ketones is 2. The molecule has 0 spiro atoms. The Hall–Kier alpha value is -5.38. The van der Waals surface area contributed by atoms with E-state index in [4.69, 9.17) is 19.4 Å². The normalized spacial score (nSPS) is 16.5. The molecule has 8 rings (SSSR count). The number of H-pyrrole nitrogens is 2. The van der Waals surface area contributed by atoms with Crippen molar-refractivity contribution in [2.24, 2.45) is 10.8 Å². The van der Waals surface area contributed by atoms with Gasteiger partial charge in [0.05, 0.1) is 49.1 Å². The van der Waals surface area contributed by atoms with Crippen LogP contribution in [0.3, 0.4) is 0 Å². The zero-order valence-electron chi connectivity index (χ0n) is 30.4. The molecule has 2 fully saturated rings. The Kier molecular flexibility index (Phi) is 9.90. The van der Waals surface area contributed by atoms with E-state index in [1.807, 2.05) is 48.5 Å². The third-order valence-electron chi connectivity index (χ3n) is 11.0. The molecule has 2 aromatic carbocycles. The predicted molar refractivity (Wildman–Crippen MR) is 203 cm³/mol. The number of rotatable bonds is 8. The number of aromatic amines is 2. The van der Waals surface area contributed by atoms with Gasteiger partial charge in [0.25, 0.3) is 0 Å². The molecular weight excluding hydrogens is 652 g/mol. The summed E-state index contributed by atoms with van der Waals surface area (Å²) >= 11 is 0. The molecule has 268 valence electrons. The number of fused-ring (bicyclic) bond motifs is 2. The Morgan fingerprint density at radius 3 is 1.40 bits per heavy atom. The summed E-state index contributed by atoms with van der Waals surface area (Å²) in [7, 11) is 3.28. The van der Waals surface area contributed by atoms with Crippen molar-refractivity contribution in [3.63, 3.8) is 0 Å². The highest BCUT2D eigenvalue weighted by atomic mass is 16.5. The fraction of sp³-hybridized carbons (Fsp3) is 0.381. The Morgan fingerprint density at radius 1 is 0.615 bits per heavy atom. The summed E-state index contributed by atoms with van der Waals surface area (Å²) in [5.74, 6) is 1.90. The number of hydrogen-bond donors (Lipinski definition) is 2. The molecule has 6 aromatic rings. The first kappa shape index (κ1) is 35.0. The van der Waals surface area contributed by atoms with Gasteiger partial charge in [-0.05, 0) is 49.9 Å². The predicted octanol–water partition coefficient (Wildman–Crippen LogP) is 9.57. The van der Waals surface area contributed by atoms with E-state index in [2.05, 4.69) is 33.8 Å². The maximum absolute atomic E-state index is 13.2. The Balaban J connectivity index is 0.000000162. The highest BCUT2D eigenvalue weighted by Crippen LogP contribution is 2.41. The average molecular weight is 699 g/mol. The summed E-state index contributed by atoms with van der Waals surface area (Å²) in [6.07, 6.45) is 17.7. The van der Waals surface area contributed by atoms with Gasteiger partial charge in [-0.25, -0.2) is 19.9 Å². The average Bonchev–Trinajstić information content (AvgIpc) is 3.82. The zero-order chi connectivity index (χ0) is 36.3. The molecule has 4 aromatic heterocycles. The van der Waals surface area contributed by atoms with Crippen LogP contribution in [0.1, 0.15) is 98.8 Å². The zero-order valence-corrected chi connectivity index (χ0v) is 30.4. The second kappa shape index (κ2) is 14.7. The number of carbonyl (C=O) groups excluding carboxylic acids is 2. The molecule has 10 nitrogen and oxygen atoms in total. The van der Waals surface area contributed by atoms with Crippen molar-refractivity contribution in [2.45, 2.75) is 78.1 Å². The Labute approximate surface area is 303 Å². The fourth-order valence-electron chi connectivity index (χ4n) is 7.74. The minimum Gasteiger partial charge on any atom is -0.497 e. The number of ether oxygens (including phenoxy) is 2. The third-order valence-corrected chi connectivity index (χ3v) is 11.0. The van der Waals surface area contributed by atoms with Crippen molar-refractivity contribution in [1.82, 2.24) is 29.9 Å². The van der Waals surface area contributed by atoms with Crippen molar-refractivity contribution < 1.29 is 19.1 Å². The highest BCUT2D eigenvalue weighted by Gasteiger charge is 2.38. The first-order chi connectivity index (χ1) is 25.2. The van der Waals surface area contributed by atoms with Crippen molar-refractivity contribution in [3.05, 3.63) is 84.4 Å². The van der Waals surface area contributed by atoms with E-state index in [-0.39, 0.29) is 22.4 Å². The SMILES string of the molecule is COc1cccc(-c2cnc3[nH]cc(C(=O)C4(C)CCCCC4)c3n2)c1.COc1cccc(-c2cnc3[nH]cc(C(=O)C4(C)CCCCC4)c3n2)c1. The molecule has 2 aliphatic carbocycles. The molecule has 0 saturated heterocycles. The minimum absolute atomic E-state index is 0.181. The molecule has 0 aliphatic heterocycles. The molecule has 0 unspecified atom stereocenters. The first-order valence-corrected chi connectivity index (χ1v) is 18.3. The van der Waals surface area contributed by atoms with E-state index in [1.54, 1.807) is 39.0 Å². The topological polar surface area (TPSA) is 136 Å². The van der Waals surface area contributed by atoms with Crippen LogP contribution in [-0.4, -0.2) is 55.7 Å². The minimum atomic E-state index is -0.291. The maximum atomic E-state index is 13.2. The summed E-state index contributed by atoms with van der Waals surface area (Å²) < 4.78 is 10.6. The lowest BCUT2D eigenvalue weighted by Gasteiger charge is -2.31. The number of hydrogen-bond acceptors (Lipinski definition) is 8. The lowest BCUT2D eigenvalue weighted by molar-refractivity contribution is 0.0745. The van der Waals surface area contributed by atoms with E-state index in [0.29, 0.717) is 33.5 Å². The molecule has 2 aliphatic rings. The van der Waals surface area contributed by atoms with Crippen LogP contribution in [0.15, 0.2) is 73.3 Å². The second-order valence-electron chi connectivity index (χ2n) is 14.7. The monoisotopic (exact) mass is 698 g/mol. The third kappa shape index (κ3) is 6.94. The highest BCUT2D eigenvalue weighted by molar-refractivity contribution is 6.09. The van der Waals surface area contributed by atoms with Gasteiger partial charge in [-0.15, -0.1) is 0 Å². The summed E-state index contributed by atoms with van der Waals surface area (Å²) in [6, 6.07) is 15.4. The number of nitrogens with one attached hydrogen (secondary N) is 2. The summed E-state index contributed by atoms with van der Waals surface area (Å²) in [5.41, 5.74) is 6.65. The molecule has 0 bridgehead atoms. The van der Waals surface area contributed by atoms with Crippen molar-refractivity contribution in [1.29, 1.82) is 0 Å². The van der Waals surface area contributed by atoms with Crippen LogP contribution in [0.2, 0.25) is 0 Å². The van der Waals surface area contributed by atoms with Crippen molar-refractivity contribution in [2.75, 3.05) is 14.2 Å². The van der Waals surface area contributed by atoms with E-state index < -0.39 is 0 Å². The lowest BCUT2D eigenvalue weighted by Crippen LogP contribution is -2.30. The van der Waals surface area contributed by atoms with Crippen LogP contribution in [0.25, 0.3) is 44.8 Å². The maximum Gasteiger partial charge on any atom is 0.172 e. The van der Waals surface area contributed by atoms with Crippen LogP contribution in [0.5, 0.6) is 11.5 Å². The number of Topliss-reactive ketones (excluding diaryl/α,β-unsaturated/α-hetero) is 2. The summed E-state index contributed by atoms with van der Waals surface area (Å²) in [6.45, 7) is 4.18. The Bertz CT molecular complexity index is 2070.